The molecule has 0 aliphatic carbocycles. The molecule has 3 rings (SSSR count). The first-order chi connectivity index (χ1) is 13.7. The van der Waals surface area contributed by atoms with Gasteiger partial charge in [0.25, 0.3) is 11.1 Å². The van der Waals surface area contributed by atoms with Crippen LogP contribution in [0.2, 0.25) is 10.0 Å². The van der Waals surface area contributed by atoms with E-state index in [1.54, 1.807) is 18.2 Å². The molecule has 1 aliphatic rings. The van der Waals surface area contributed by atoms with E-state index in [9.17, 15) is 24.8 Å². The van der Waals surface area contributed by atoms with Crippen LogP contribution in [-0.4, -0.2) is 33.2 Å². The minimum atomic E-state index is -0.738. The topological polar surface area (TPSA) is 110 Å². The second-order valence-electron chi connectivity index (χ2n) is 5.78. The Bertz CT molecular complexity index is 1050. The van der Waals surface area contributed by atoms with Gasteiger partial charge in [-0.15, -0.1) is 0 Å². The zero-order chi connectivity index (χ0) is 21.3. The Balaban J connectivity index is 1.98. The van der Waals surface area contributed by atoms with E-state index in [-0.39, 0.29) is 22.8 Å². The predicted octanol–water partition coefficient (Wildman–Crippen LogP) is 4.85. The molecule has 0 radical (unpaired) electrons. The van der Waals surface area contributed by atoms with Crippen molar-refractivity contribution in [3.8, 4) is 11.5 Å². The summed E-state index contributed by atoms with van der Waals surface area (Å²) in [5, 5.41) is 21.3. The normalized spacial score (nSPS) is 15.3. The SMILES string of the molecule is COc1c(O)ccc(/C=C2\SC(=O)N(Cc3c(Cl)cccc3Cl)C2=O)c1[N+](=O)[O-]. The van der Waals surface area contributed by atoms with E-state index in [0.717, 1.165) is 4.90 Å². The number of ether oxygens (including phenoxy) is 1. The molecular formula is C18H12Cl2N2O6S. The fourth-order valence-electron chi connectivity index (χ4n) is 2.70. The second kappa shape index (κ2) is 8.32. The van der Waals surface area contributed by atoms with E-state index in [1.165, 1.54) is 25.3 Å². The molecule has 11 heteroatoms. The summed E-state index contributed by atoms with van der Waals surface area (Å²) in [5.74, 6) is -1.40. The van der Waals surface area contributed by atoms with Gasteiger partial charge in [0.2, 0.25) is 5.75 Å². The quantitative estimate of drug-likeness (QED) is 0.390. The van der Waals surface area contributed by atoms with Crippen LogP contribution in [0.15, 0.2) is 35.2 Å². The Kier molecular flexibility index (Phi) is 6.02. The lowest BCUT2D eigenvalue weighted by atomic mass is 10.1. The van der Waals surface area contributed by atoms with Crippen LogP contribution in [0.4, 0.5) is 10.5 Å². The molecule has 0 unspecified atom stereocenters. The summed E-state index contributed by atoms with van der Waals surface area (Å²) in [6, 6.07) is 7.27. The first-order valence-corrected chi connectivity index (χ1v) is 9.54. The number of nitro benzene ring substituents is 1. The lowest BCUT2D eigenvalue weighted by Crippen LogP contribution is -2.27. The van der Waals surface area contributed by atoms with Gasteiger partial charge >= 0.3 is 5.69 Å². The number of amides is 2. The monoisotopic (exact) mass is 454 g/mol. The fraction of sp³-hybridized carbons (Fsp3) is 0.111. The van der Waals surface area contributed by atoms with Crippen molar-refractivity contribution < 1.29 is 24.4 Å². The first kappa shape index (κ1) is 21.0. The number of aromatic hydroxyl groups is 1. The molecule has 0 atom stereocenters. The number of nitrogens with zero attached hydrogens (tertiary/aromatic N) is 2. The highest BCUT2D eigenvalue weighted by Crippen LogP contribution is 2.42. The van der Waals surface area contributed by atoms with Crippen LogP contribution in [0, 0.1) is 10.1 Å². The number of rotatable bonds is 5. The molecule has 0 aromatic heterocycles. The Hall–Kier alpha value is -2.75. The van der Waals surface area contributed by atoms with Gasteiger partial charge in [0.15, 0.2) is 5.75 Å². The number of benzene rings is 2. The van der Waals surface area contributed by atoms with Gasteiger partial charge in [0.1, 0.15) is 0 Å². The standard InChI is InChI=1S/C18H12Cl2N2O6S/c1-28-16-13(23)6-5-9(15(16)22(26)27)7-14-17(24)21(18(25)29-14)8-10-11(19)3-2-4-12(10)20/h2-7,23H,8H2,1H3/b14-7-. The minimum Gasteiger partial charge on any atom is -0.504 e. The number of phenols is 1. The van der Waals surface area contributed by atoms with Crippen molar-refractivity contribution in [3.63, 3.8) is 0 Å². The summed E-state index contributed by atoms with van der Waals surface area (Å²) in [6.07, 6.45) is 1.21. The average Bonchev–Trinajstić information content (AvgIpc) is 2.92. The number of carbonyl (C=O) groups excluding carboxylic acids is 2. The van der Waals surface area contributed by atoms with Crippen molar-refractivity contribution in [1.29, 1.82) is 0 Å². The van der Waals surface area contributed by atoms with Gasteiger partial charge in [-0.25, -0.2) is 0 Å². The molecule has 1 fully saturated rings. The summed E-state index contributed by atoms with van der Waals surface area (Å²) >= 11 is 12.8. The van der Waals surface area contributed by atoms with Gasteiger partial charge < -0.3 is 9.84 Å². The molecule has 0 saturated carbocycles. The van der Waals surface area contributed by atoms with E-state index in [1.807, 2.05) is 0 Å². The largest absolute Gasteiger partial charge is 0.504 e. The molecule has 2 amide bonds. The average molecular weight is 455 g/mol. The molecule has 1 saturated heterocycles. The van der Waals surface area contributed by atoms with Crippen molar-refractivity contribution in [3.05, 3.63) is 66.5 Å². The van der Waals surface area contributed by atoms with Gasteiger partial charge in [-0.3, -0.25) is 24.6 Å². The molecule has 2 aromatic carbocycles. The molecule has 1 heterocycles. The molecule has 0 bridgehead atoms. The summed E-state index contributed by atoms with van der Waals surface area (Å²) < 4.78 is 4.90. The van der Waals surface area contributed by atoms with Gasteiger partial charge in [-0.1, -0.05) is 29.3 Å². The lowest BCUT2D eigenvalue weighted by Gasteiger charge is -2.14. The van der Waals surface area contributed by atoms with E-state index in [0.29, 0.717) is 27.4 Å². The summed E-state index contributed by atoms with van der Waals surface area (Å²) in [6.45, 7) is -0.137. The van der Waals surface area contributed by atoms with Crippen LogP contribution in [0.1, 0.15) is 11.1 Å². The zero-order valence-corrected chi connectivity index (χ0v) is 17.0. The number of nitro groups is 1. The van der Waals surface area contributed by atoms with Crippen molar-refractivity contribution in [2.45, 2.75) is 6.54 Å². The van der Waals surface area contributed by atoms with Crippen LogP contribution in [0.5, 0.6) is 11.5 Å². The minimum absolute atomic E-state index is 0.00549. The number of methoxy groups -OCH3 is 1. The van der Waals surface area contributed by atoms with Crippen LogP contribution in [-0.2, 0) is 11.3 Å². The highest BCUT2D eigenvalue weighted by Gasteiger charge is 2.36. The van der Waals surface area contributed by atoms with Crippen LogP contribution in [0.25, 0.3) is 6.08 Å². The van der Waals surface area contributed by atoms with Crippen LogP contribution in [0.3, 0.4) is 0 Å². The van der Waals surface area contributed by atoms with Crippen molar-refractivity contribution in [1.82, 2.24) is 4.90 Å². The molecule has 1 N–H and O–H groups in total. The number of halogens is 2. The predicted molar refractivity (Wildman–Crippen MR) is 109 cm³/mol. The Morgan fingerprint density at radius 1 is 1.24 bits per heavy atom. The third-order valence-electron chi connectivity index (χ3n) is 4.07. The highest BCUT2D eigenvalue weighted by molar-refractivity contribution is 8.18. The summed E-state index contributed by atoms with van der Waals surface area (Å²) in [7, 11) is 1.17. The molecule has 29 heavy (non-hydrogen) atoms. The third kappa shape index (κ3) is 4.02. The van der Waals surface area contributed by atoms with Crippen molar-refractivity contribution in [2.24, 2.45) is 0 Å². The number of hydrogen-bond donors (Lipinski definition) is 1. The van der Waals surface area contributed by atoms with Crippen LogP contribution >= 0.6 is 35.0 Å². The molecule has 150 valence electrons. The first-order valence-electron chi connectivity index (χ1n) is 7.97. The smallest absolute Gasteiger partial charge is 0.322 e. The molecule has 2 aromatic rings. The number of imide groups is 1. The summed E-state index contributed by atoms with van der Waals surface area (Å²) in [4.78, 5) is 36.7. The second-order valence-corrected chi connectivity index (χ2v) is 7.59. The van der Waals surface area contributed by atoms with E-state index in [4.69, 9.17) is 27.9 Å². The molecule has 8 nitrogen and oxygen atoms in total. The molecule has 0 spiro atoms. The fourth-order valence-corrected chi connectivity index (χ4v) is 4.05. The van der Waals surface area contributed by atoms with Crippen molar-refractivity contribution >= 4 is 57.9 Å². The maximum atomic E-state index is 12.7. The summed E-state index contributed by atoms with van der Waals surface area (Å²) in [5.41, 5.74) is -0.101. The zero-order valence-electron chi connectivity index (χ0n) is 14.7. The Morgan fingerprint density at radius 2 is 1.90 bits per heavy atom. The van der Waals surface area contributed by atoms with Crippen LogP contribution < -0.4 is 4.74 Å². The van der Waals surface area contributed by atoms with E-state index >= 15 is 0 Å². The Morgan fingerprint density at radius 3 is 2.48 bits per heavy atom. The van der Waals surface area contributed by atoms with E-state index < -0.39 is 27.5 Å². The number of carbonyl (C=O) groups is 2. The van der Waals surface area contributed by atoms with Crippen molar-refractivity contribution in [2.75, 3.05) is 7.11 Å². The Labute approximate surface area is 178 Å². The highest BCUT2D eigenvalue weighted by atomic mass is 35.5. The number of hydrogen-bond acceptors (Lipinski definition) is 7. The van der Waals surface area contributed by atoms with E-state index in [2.05, 4.69) is 0 Å². The van der Waals surface area contributed by atoms with Gasteiger partial charge in [0.05, 0.1) is 29.0 Å². The van der Waals surface area contributed by atoms with Gasteiger partial charge in [-0.05, 0) is 42.1 Å². The third-order valence-corrected chi connectivity index (χ3v) is 5.68. The molecular weight excluding hydrogens is 443 g/mol. The lowest BCUT2D eigenvalue weighted by molar-refractivity contribution is -0.386. The molecule has 1 aliphatic heterocycles. The van der Waals surface area contributed by atoms with Gasteiger partial charge in [0, 0.05) is 15.6 Å². The maximum absolute atomic E-state index is 12.7. The number of phenolic OH excluding ortho intramolecular Hbond substituents is 1. The maximum Gasteiger partial charge on any atom is 0.322 e. The van der Waals surface area contributed by atoms with Gasteiger partial charge in [-0.2, -0.15) is 0 Å². The number of thioether (sulfide) groups is 1.